The highest BCUT2D eigenvalue weighted by Crippen LogP contribution is 2.33. The van der Waals surface area contributed by atoms with Crippen LogP contribution in [-0.4, -0.2) is 267 Å². The Morgan fingerprint density at radius 2 is 1.17 bits per heavy atom. The van der Waals surface area contributed by atoms with Gasteiger partial charge in [0.05, 0.1) is 184 Å². The van der Waals surface area contributed by atoms with Crippen molar-refractivity contribution in [3.8, 4) is 0 Å². The lowest BCUT2D eigenvalue weighted by atomic mass is 9.96. The minimum Gasteiger partial charge on any atom is -0.463 e. The highest BCUT2D eigenvalue weighted by atomic mass is 35.5. The van der Waals surface area contributed by atoms with Gasteiger partial charge < -0.3 is 87.2 Å². The molecule has 23 nitrogen and oxygen atoms in total. The molecule has 476 valence electrons. The number of carbonyl (C=O) groups excluding carboxylic acids is 3. The summed E-state index contributed by atoms with van der Waals surface area (Å²) < 4.78 is 78.5. The van der Waals surface area contributed by atoms with Gasteiger partial charge >= 0.3 is 12.0 Å². The van der Waals surface area contributed by atoms with E-state index in [1.165, 1.54) is 5.56 Å². The molecule has 0 aliphatic carbocycles. The molecule has 0 radical (unpaired) electrons. The maximum Gasteiger partial charge on any atom is 0.315 e. The Labute approximate surface area is 506 Å². The molecule has 1 aromatic heterocycles. The van der Waals surface area contributed by atoms with Gasteiger partial charge in [0.15, 0.2) is 0 Å². The number of benzene rings is 1. The van der Waals surface area contributed by atoms with Crippen molar-refractivity contribution in [2.45, 2.75) is 86.9 Å². The first-order valence-electron chi connectivity index (χ1n) is 30.2. The van der Waals surface area contributed by atoms with E-state index < -0.39 is 0 Å². The van der Waals surface area contributed by atoms with Gasteiger partial charge in [-0.3, -0.25) is 14.5 Å². The minimum atomic E-state index is -0.307. The van der Waals surface area contributed by atoms with Crippen molar-refractivity contribution in [3.63, 3.8) is 0 Å². The number of thioether (sulfide) groups is 1. The standard InChI is InChI=1S/C59H95ClN6O17S/c60-49-10-8-48(9-11-49)43-51-45-82-52(44-66(51)50-12-17-65(18-13-50)55-6-3-4-15-61-55)46-83-57(68)14-19-70-21-23-72-25-27-74-29-31-76-33-35-78-37-39-80-41-42-81-40-38-79-36-34-77-32-30-75-28-26-73-24-22-71-20-16-62-56(67)7-2-1-5-54-58-53(47-84-54)63-59(69)64-58/h3-4,6,8-11,15,50-54,58H,1-2,5,7,12-14,16-47H2,(H,62,67)(H2,63,64,69)/t51-,52+,53+,54-,58-/m0/s1. The molecule has 3 N–H and O–H groups in total. The summed E-state index contributed by atoms with van der Waals surface area (Å²) in [5, 5.41) is 10.0. The van der Waals surface area contributed by atoms with Gasteiger partial charge in [-0.05, 0) is 61.9 Å². The highest BCUT2D eigenvalue weighted by Gasteiger charge is 2.42. The minimum absolute atomic E-state index is 0.0373. The zero-order chi connectivity index (χ0) is 58.8. The van der Waals surface area contributed by atoms with Gasteiger partial charge in [0.2, 0.25) is 5.91 Å². The second-order valence-corrected chi connectivity index (χ2v) is 22.3. The first kappa shape index (κ1) is 69.6. The molecule has 0 saturated carbocycles. The molecule has 0 spiro atoms. The number of nitrogens with zero attached hydrogens (tertiary/aromatic N) is 3. The van der Waals surface area contributed by atoms with Crippen LogP contribution in [0.15, 0.2) is 48.7 Å². The summed E-state index contributed by atoms with van der Waals surface area (Å²) in [4.78, 5) is 45.7. The van der Waals surface area contributed by atoms with E-state index in [1.807, 2.05) is 42.2 Å². The Kier molecular flexibility index (Phi) is 37.1. The Balaban J connectivity index is 0.594. The van der Waals surface area contributed by atoms with Gasteiger partial charge in [-0.25, -0.2) is 9.78 Å². The van der Waals surface area contributed by atoms with Gasteiger partial charge in [0.25, 0.3) is 0 Å². The molecular formula is C59H95ClN6O17S. The topological polar surface area (TPSA) is 236 Å². The number of amides is 3. The average Bonchev–Trinajstić information content (AvgIpc) is 4.19. The molecule has 5 atom stereocenters. The number of hydrogen-bond donors (Lipinski definition) is 3. The largest absolute Gasteiger partial charge is 0.463 e. The molecule has 25 heteroatoms. The van der Waals surface area contributed by atoms with E-state index in [-0.39, 0.29) is 61.8 Å². The number of nitrogens with one attached hydrogen (secondary N) is 3. The number of pyridine rings is 1. The number of anilines is 1. The number of urea groups is 1. The van der Waals surface area contributed by atoms with Crippen molar-refractivity contribution in [1.82, 2.24) is 25.8 Å². The first-order chi connectivity index (χ1) is 41.4. The fraction of sp³-hybridized carbons (Fsp3) is 0.763. The fourth-order valence-corrected chi connectivity index (χ4v) is 11.6. The van der Waals surface area contributed by atoms with Crippen LogP contribution in [0.4, 0.5) is 10.6 Å². The van der Waals surface area contributed by atoms with Crippen LogP contribution >= 0.6 is 23.4 Å². The summed E-state index contributed by atoms with van der Waals surface area (Å²) >= 11 is 8.07. The number of rotatable bonds is 50. The van der Waals surface area contributed by atoms with Crippen LogP contribution in [0.5, 0.6) is 0 Å². The number of piperidine rings is 1. The first-order valence-corrected chi connectivity index (χ1v) is 31.7. The number of fused-ring (bicyclic) bond motifs is 1. The van der Waals surface area contributed by atoms with Crippen molar-refractivity contribution < 1.29 is 80.7 Å². The number of ether oxygens (including phenoxy) is 14. The van der Waals surface area contributed by atoms with Crippen LogP contribution in [0.1, 0.15) is 50.5 Å². The second-order valence-electron chi connectivity index (χ2n) is 20.5. The van der Waals surface area contributed by atoms with Gasteiger partial charge in [-0.15, -0.1) is 0 Å². The Hall–Kier alpha value is -3.54. The van der Waals surface area contributed by atoms with Crippen LogP contribution in [0.25, 0.3) is 0 Å². The summed E-state index contributed by atoms with van der Waals surface area (Å²) in [7, 11) is 0. The molecule has 0 unspecified atom stereocenters. The average molecular weight is 1230 g/mol. The summed E-state index contributed by atoms with van der Waals surface area (Å²) in [6, 6.07) is 15.1. The third kappa shape index (κ3) is 30.4. The van der Waals surface area contributed by atoms with Crippen molar-refractivity contribution >= 4 is 47.1 Å². The smallest absolute Gasteiger partial charge is 0.315 e. The molecule has 4 fully saturated rings. The third-order valence-electron chi connectivity index (χ3n) is 14.3. The van der Waals surface area contributed by atoms with Crippen LogP contribution < -0.4 is 20.9 Å². The van der Waals surface area contributed by atoms with Crippen LogP contribution in [0.3, 0.4) is 0 Å². The molecule has 84 heavy (non-hydrogen) atoms. The number of esters is 1. The lowest BCUT2D eigenvalue weighted by molar-refractivity contribution is -0.155. The monoisotopic (exact) mass is 1230 g/mol. The lowest BCUT2D eigenvalue weighted by Gasteiger charge is -2.46. The Bertz CT molecular complexity index is 2010. The maximum atomic E-state index is 12.6. The van der Waals surface area contributed by atoms with Crippen molar-refractivity contribution in [2.75, 3.05) is 209 Å². The summed E-state index contributed by atoms with van der Waals surface area (Å²) in [5.74, 6) is 1.70. The fourth-order valence-electron chi connectivity index (χ4n) is 9.92. The normalized spacial score (nSPS) is 20.0. The van der Waals surface area contributed by atoms with Crippen LogP contribution in [0.2, 0.25) is 5.02 Å². The van der Waals surface area contributed by atoms with Crippen LogP contribution in [0, 0.1) is 0 Å². The van der Waals surface area contributed by atoms with E-state index in [0.29, 0.717) is 189 Å². The van der Waals surface area contributed by atoms with E-state index in [0.717, 1.165) is 68.2 Å². The van der Waals surface area contributed by atoms with Gasteiger partial charge in [-0.1, -0.05) is 36.2 Å². The molecule has 4 aliphatic heterocycles. The number of aromatic nitrogens is 1. The molecule has 3 amide bonds. The molecule has 1 aromatic carbocycles. The third-order valence-corrected chi connectivity index (χ3v) is 16.1. The molecule has 5 heterocycles. The zero-order valence-electron chi connectivity index (χ0n) is 49.2. The molecule has 2 aromatic rings. The number of carbonyl (C=O) groups is 3. The maximum absolute atomic E-state index is 12.6. The van der Waals surface area contributed by atoms with Crippen molar-refractivity contribution in [1.29, 1.82) is 0 Å². The predicted molar refractivity (Wildman–Crippen MR) is 317 cm³/mol. The number of morpholine rings is 1. The predicted octanol–water partition coefficient (Wildman–Crippen LogP) is 3.99. The number of unbranched alkanes of at least 4 members (excludes halogenated alkanes) is 1. The SMILES string of the molecule is O=C(CCCC[C@@H]1SC[C@H]2NC(=O)N[C@H]12)NCCOCCOCCOCCOCCOCCOCCOCCOCCOCCOCCOCCOCCC(=O)OC[C@H]1CN(C2CCN(c3ccccn3)CC2)[C@@H](Cc2ccc(Cl)cc2)CO1. The summed E-state index contributed by atoms with van der Waals surface area (Å²) in [5.41, 5.74) is 1.22. The van der Waals surface area contributed by atoms with Gasteiger partial charge in [0.1, 0.15) is 18.5 Å². The highest BCUT2D eigenvalue weighted by molar-refractivity contribution is 8.00. The van der Waals surface area contributed by atoms with E-state index in [2.05, 4.69) is 48.9 Å². The van der Waals surface area contributed by atoms with Gasteiger partial charge in [-0.2, -0.15) is 11.8 Å². The molecule has 4 saturated heterocycles. The number of halogens is 1. The molecule has 4 aliphatic rings. The van der Waals surface area contributed by atoms with E-state index in [4.69, 9.17) is 77.9 Å². The van der Waals surface area contributed by atoms with E-state index in [9.17, 15) is 14.4 Å². The zero-order valence-corrected chi connectivity index (χ0v) is 50.8. The van der Waals surface area contributed by atoms with Crippen molar-refractivity contribution in [3.05, 3.63) is 59.2 Å². The van der Waals surface area contributed by atoms with Gasteiger partial charge in [0, 0.05) is 66.9 Å². The quantitative estimate of drug-likeness (QED) is 0.0483. The Morgan fingerprint density at radius 1 is 0.643 bits per heavy atom. The lowest BCUT2D eigenvalue weighted by Crippen LogP contribution is -2.58. The summed E-state index contributed by atoms with van der Waals surface area (Å²) in [6.45, 7) is 14.6. The van der Waals surface area contributed by atoms with Crippen LogP contribution in [-0.2, 0) is 82.3 Å². The Morgan fingerprint density at radius 3 is 1.69 bits per heavy atom. The molecule has 6 rings (SSSR count). The summed E-state index contributed by atoms with van der Waals surface area (Å²) in [6.07, 6.45) is 8.02. The van der Waals surface area contributed by atoms with E-state index >= 15 is 0 Å². The number of hydrogen-bond acceptors (Lipinski definition) is 21. The molecule has 0 bridgehead atoms. The van der Waals surface area contributed by atoms with E-state index in [1.54, 1.807) is 0 Å². The molecular weight excluding hydrogens is 1130 g/mol. The van der Waals surface area contributed by atoms with Crippen molar-refractivity contribution in [2.24, 2.45) is 0 Å². The second kappa shape index (κ2) is 44.8.